The van der Waals surface area contributed by atoms with Crippen LogP contribution in [0.5, 0.6) is 0 Å². The number of hydrogen-bond donors (Lipinski definition) is 1. The standard InChI is InChI=1S/C13H15ClO2/c1-8-6-10(14)4-5-11(8)12(7-13(15)16)9-2-3-9/h4-6,9,12H,2-3,7H2,1H3,(H,15,16). The molecule has 1 atom stereocenters. The summed E-state index contributed by atoms with van der Waals surface area (Å²) in [7, 11) is 0. The zero-order valence-corrected chi connectivity index (χ0v) is 10.00. The molecule has 0 radical (unpaired) electrons. The smallest absolute Gasteiger partial charge is 0.303 e. The van der Waals surface area contributed by atoms with Gasteiger partial charge in [0.25, 0.3) is 0 Å². The van der Waals surface area contributed by atoms with Crippen molar-refractivity contribution < 1.29 is 9.90 Å². The van der Waals surface area contributed by atoms with Gasteiger partial charge in [-0.1, -0.05) is 17.7 Å². The first-order valence-electron chi connectivity index (χ1n) is 5.56. The SMILES string of the molecule is Cc1cc(Cl)ccc1C(CC(=O)O)C1CC1. The van der Waals surface area contributed by atoms with Crippen LogP contribution in [0.3, 0.4) is 0 Å². The number of halogens is 1. The maximum Gasteiger partial charge on any atom is 0.303 e. The maximum atomic E-state index is 10.9. The quantitative estimate of drug-likeness (QED) is 0.870. The number of carbonyl (C=O) groups is 1. The van der Waals surface area contributed by atoms with Crippen molar-refractivity contribution in [1.29, 1.82) is 0 Å². The Bertz CT molecular complexity index is 410. The van der Waals surface area contributed by atoms with Crippen molar-refractivity contribution in [2.75, 3.05) is 0 Å². The summed E-state index contributed by atoms with van der Waals surface area (Å²) in [6.45, 7) is 2.00. The highest BCUT2D eigenvalue weighted by atomic mass is 35.5. The Morgan fingerprint density at radius 3 is 2.75 bits per heavy atom. The molecule has 1 unspecified atom stereocenters. The molecule has 1 aromatic rings. The average Bonchev–Trinajstić information content (AvgIpc) is 2.97. The van der Waals surface area contributed by atoms with Gasteiger partial charge in [-0.25, -0.2) is 0 Å². The molecule has 1 fully saturated rings. The van der Waals surface area contributed by atoms with Crippen molar-refractivity contribution in [3.05, 3.63) is 34.3 Å². The first-order chi connectivity index (χ1) is 7.58. The number of aliphatic carboxylic acids is 1. The van der Waals surface area contributed by atoms with Gasteiger partial charge in [-0.15, -0.1) is 0 Å². The van der Waals surface area contributed by atoms with Gasteiger partial charge < -0.3 is 5.11 Å². The van der Waals surface area contributed by atoms with Gasteiger partial charge in [0, 0.05) is 5.02 Å². The van der Waals surface area contributed by atoms with Crippen LogP contribution in [0.4, 0.5) is 0 Å². The average molecular weight is 239 g/mol. The molecule has 1 aromatic carbocycles. The minimum Gasteiger partial charge on any atom is -0.481 e. The minimum absolute atomic E-state index is 0.162. The number of aryl methyl sites for hydroxylation is 1. The van der Waals surface area contributed by atoms with Crippen molar-refractivity contribution in [3.63, 3.8) is 0 Å². The highest BCUT2D eigenvalue weighted by molar-refractivity contribution is 6.30. The lowest BCUT2D eigenvalue weighted by Gasteiger charge is -2.17. The Labute approximate surface area is 100 Å². The molecule has 1 N–H and O–H groups in total. The van der Waals surface area contributed by atoms with Gasteiger partial charge >= 0.3 is 5.97 Å². The maximum absolute atomic E-state index is 10.9. The molecule has 1 aliphatic rings. The second-order valence-corrected chi connectivity index (χ2v) is 4.98. The Morgan fingerprint density at radius 1 is 1.56 bits per heavy atom. The molecule has 1 saturated carbocycles. The lowest BCUT2D eigenvalue weighted by molar-refractivity contribution is -0.137. The monoisotopic (exact) mass is 238 g/mol. The summed E-state index contributed by atoms with van der Waals surface area (Å²) >= 11 is 5.91. The van der Waals surface area contributed by atoms with Crippen LogP contribution in [-0.4, -0.2) is 11.1 Å². The molecule has 86 valence electrons. The Morgan fingerprint density at radius 2 is 2.25 bits per heavy atom. The molecule has 0 heterocycles. The zero-order valence-electron chi connectivity index (χ0n) is 9.24. The fraction of sp³-hybridized carbons (Fsp3) is 0.462. The number of carboxylic acid groups (broad SMARTS) is 1. The number of rotatable bonds is 4. The van der Waals surface area contributed by atoms with Crippen LogP contribution < -0.4 is 0 Å². The van der Waals surface area contributed by atoms with Gasteiger partial charge in [0.15, 0.2) is 0 Å². The Kier molecular flexibility index (Phi) is 3.20. The molecule has 0 bridgehead atoms. The molecule has 0 spiro atoms. The third-order valence-electron chi connectivity index (χ3n) is 3.22. The predicted octanol–water partition coefficient (Wildman–Crippen LogP) is 3.62. The van der Waals surface area contributed by atoms with E-state index in [1.54, 1.807) is 0 Å². The van der Waals surface area contributed by atoms with E-state index >= 15 is 0 Å². The van der Waals surface area contributed by atoms with Gasteiger partial charge in [-0.2, -0.15) is 0 Å². The predicted molar refractivity (Wildman–Crippen MR) is 63.9 cm³/mol. The highest BCUT2D eigenvalue weighted by Gasteiger charge is 2.34. The summed E-state index contributed by atoms with van der Waals surface area (Å²) in [6.07, 6.45) is 2.53. The van der Waals surface area contributed by atoms with E-state index < -0.39 is 5.97 Å². The lowest BCUT2D eigenvalue weighted by Crippen LogP contribution is -2.09. The van der Waals surface area contributed by atoms with Gasteiger partial charge in [0.1, 0.15) is 0 Å². The molecular formula is C13H15ClO2. The van der Waals surface area contributed by atoms with E-state index in [4.69, 9.17) is 16.7 Å². The third kappa shape index (κ3) is 2.56. The van der Waals surface area contributed by atoms with Crippen LogP contribution in [0.2, 0.25) is 5.02 Å². The topological polar surface area (TPSA) is 37.3 Å². The summed E-state index contributed by atoms with van der Waals surface area (Å²) in [5.74, 6) is -0.00279. The van der Waals surface area contributed by atoms with Gasteiger partial charge in [-0.05, 0) is 54.9 Å². The van der Waals surface area contributed by atoms with Crippen LogP contribution in [0.25, 0.3) is 0 Å². The molecule has 2 nitrogen and oxygen atoms in total. The second-order valence-electron chi connectivity index (χ2n) is 4.54. The number of benzene rings is 1. The first-order valence-corrected chi connectivity index (χ1v) is 5.93. The van der Waals surface area contributed by atoms with Crippen molar-refractivity contribution in [2.24, 2.45) is 5.92 Å². The molecule has 16 heavy (non-hydrogen) atoms. The van der Waals surface area contributed by atoms with Crippen LogP contribution in [0.15, 0.2) is 18.2 Å². The van der Waals surface area contributed by atoms with E-state index in [9.17, 15) is 4.79 Å². The lowest BCUT2D eigenvalue weighted by atomic mass is 9.88. The van der Waals surface area contributed by atoms with Crippen LogP contribution >= 0.6 is 11.6 Å². The van der Waals surface area contributed by atoms with Crippen molar-refractivity contribution in [2.45, 2.75) is 32.1 Å². The van der Waals surface area contributed by atoms with E-state index in [1.807, 2.05) is 25.1 Å². The highest BCUT2D eigenvalue weighted by Crippen LogP contribution is 2.45. The Balaban J connectivity index is 2.27. The van der Waals surface area contributed by atoms with Gasteiger partial charge in [-0.3, -0.25) is 4.79 Å². The normalized spacial score (nSPS) is 17.1. The summed E-state index contributed by atoms with van der Waals surface area (Å²) in [4.78, 5) is 10.9. The summed E-state index contributed by atoms with van der Waals surface area (Å²) in [5.41, 5.74) is 2.25. The van der Waals surface area contributed by atoms with Gasteiger partial charge in [0.2, 0.25) is 0 Å². The number of hydrogen-bond acceptors (Lipinski definition) is 1. The summed E-state index contributed by atoms with van der Waals surface area (Å²) < 4.78 is 0. The molecule has 0 aliphatic heterocycles. The van der Waals surface area contributed by atoms with E-state index in [0.29, 0.717) is 10.9 Å². The second kappa shape index (κ2) is 4.46. The van der Waals surface area contributed by atoms with Crippen molar-refractivity contribution in [1.82, 2.24) is 0 Å². The molecule has 2 rings (SSSR count). The van der Waals surface area contributed by atoms with E-state index in [0.717, 1.165) is 24.0 Å². The van der Waals surface area contributed by atoms with Crippen LogP contribution in [0, 0.1) is 12.8 Å². The first kappa shape index (κ1) is 11.5. The molecule has 0 amide bonds. The van der Waals surface area contributed by atoms with Crippen LogP contribution in [-0.2, 0) is 4.79 Å². The zero-order chi connectivity index (χ0) is 11.7. The van der Waals surface area contributed by atoms with Gasteiger partial charge in [0.05, 0.1) is 6.42 Å². The molecule has 1 aliphatic carbocycles. The largest absolute Gasteiger partial charge is 0.481 e. The fourth-order valence-electron chi connectivity index (χ4n) is 2.27. The number of carboxylic acids is 1. The van der Waals surface area contributed by atoms with E-state index in [1.165, 1.54) is 0 Å². The fourth-order valence-corrected chi connectivity index (χ4v) is 2.50. The molecular weight excluding hydrogens is 224 g/mol. The van der Waals surface area contributed by atoms with E-state index in [-0.39, 0.29) is 12.3 Å². The Hall–Kier alpha value is -1.02. The molecule has 0 saturated heterocycles. The summed E-state index contributed by atoms with van der Waals surface area (Å²) in [5, 5.41) is 9.66. The van der Waals surface area contributed by atoms with Crippen LogP contribution in [0.1, 0.15) is 36.3 Å². The van der Waals surface area contributed by atoms with Crippen molar-refractivity contribution in [3.8, 4) is 0 Å². The van der Waals surface area contributed by atoms with Crippen molar-refractivity contribution >= 4 is 17.6 Å². The van der Waals surface area contributed by atoms with E-state index in [2.05, 4.69) is 0 Å². The molecule has 0 aromatic heterocycles. The summed E-state index contributed by atoms with van der Waals surface area (Å²) in [6, 6.07) is 5.73. The molecule has 3 heteroatoms. The minimum atomic E-state index is -0.716. The third-order valence-corrected chi connectivity index (χ3v) is 3.45.